The number of esters is 1. The Labute approximate surface area is 242 Å². The molecule has 41 heavy (non-hydrogen) atoms. The van der Waals surface area contributed by atoms with Gasteiger partial charge in [-0.1, -0.05) is 85.3 Å². The van der Waals surface area contributed by atoms with E-state index < -0.39 is 5.92 Å². The average Bonchev–Trinajstić information content (AvgIpc) is 3.01. The monoisotopic (exact) mass is 547 g/mol. The second kappa shape index (κ2) is 12.2. The molecule has 0 amide bonds. The number of dihydropyridines is 1. The van der Waals surface area contributed by atoms with Crippen molar-refractivity contribution < 1.29 is 19.1 Å². The number of ether oxygens (including phenoxy) is 2. The average molecular weight is 548 g/mol. The molecule has 1 saturated carbocycles. The van der Waals surface area contributed by atoms with E-state index in [0.29, 0.717) is 36.3 Å². The van der Waals surface area contributed by atoms with Crippen molar-refractivity contribution in [2.75, 3.05) is 0 Å². The lowest BCUT2D eigenvalue weighted by molar-refractivity contribution is -0.146. The molecular formula is C36H37NO4. The molecule has 0 radical (unpaired) electrons. The molecule has 0 aromatic heterocycles. The third kappa shape index (κ3) is 5.85. The highest BCUT2D eigenvalue weighted by Crippen LogP contribution is 2.48. The zero-order valence-corrected chi connectivity index (χ0v) is 23.6. The van der Waals surface area contributed by atoms with E-state index in [1.165, 1.54) is 6.42 Å². The predicted molar refractivity (Wildman–Crippen MR) is 159 cm³/mol. The molecule has 3 aromatic carbocycles. The van der Waals surface area contributed by atoms with E-state index >= 15 is 0 Å². The Morgan fingerprint density at radius 2 is 1.54 bits per heavy atom. The minimum absolute atomic E-state index is 0.0610. The summed E-state index contributed by atoms with van der Waals surface area (Å²) in [6.07, 6.45) is 6.12. The lowest BCUT2D eigenvalue weighted by Gasteiger charge is -2.37. The van der Waals surface area contributed by atoms with Crippen molar-refractivity contribution in [3.8, 4) is 5.75 Å². The Hall–Kier alpha value is -4.12. The zero-order valence-electron chi connectivity index (χ0n) is 23.6. The number of para-hydroxylation sites is 1. The van der Waals surface area contributed by atoms with Gasteiger partial charge >= 0.3 is 5.97 Å². The first-order valence-electron chi connectivity index (χ1n) is 14.8. The van der Waals surface area contributed by atoms with Crippen LogP contribution in [-0.4, -0.2) is 17.9 Å². The molecule has 0 spiro atoms. The molecule has 2 aliphatic carbocycles. The number of allylic oxidation sites excluding steroid dienone is 3. The van der Waals surface area contributed by atoms with Gasteiger partial charge in [-0.2, -0.15) is 0 Å². The molecular weight excluding hydrogens is 510 g/mol. The molecule has 210 valence electrons. The number of hydrogen-bond donors (Lipinski definition) is 1. The molecule has 1 aliphatic heterocycles. The summed E-state index contributed by atoms with van der Waals surface area (Å²) in [6, 6.07) is 28.0. The number of carbonyl (C=O) groups is 2. The Kier molecular flexibility index (Phi) is 8.04. The second-order valence-electron chi connectivity index (χ2n) is 11.4. The van der Waals surface area contributed by atoms with Crippen LogP contribution in [0.1, 0.15) is 80.4 Å². The van der Waals surface area contributed by atoms with Gasteiger partial charge in [0.15, 0.2) is 5.78 Å². The van der Waals surface area contributed by atoms with Gasteiger partial charge in [0.05, 0.1) is 11.5 Å². The van der Waals surface area contributed by atoms with Crippen LogP contribution in [-0.2, 0) is 20.9 Å². The number of ketones is 1. The summed E-state index contributed by atoms with van der Waals surface area (Å²) < 4.78 is 12.5. The number of nitrogens with one attached hydrogen (secondary N) is 1. The SMILES string of the molecule is CC1=C(C(=O)OC2CCCCC2)C(c2ccccc2OCc2ccccc2)C2=C(CC(c3ccccc3)CC2=O)N1. The fraction of sp³-hybridized carbons (Fsp3) is 0.333. The minimum atomic E-state index is -0.557. The number of benzene rings is 3. The zero-order chi connectivity index (χ0) is 28.2. The summed E-state index contributed by atoms with van der Waals surface area (Å²) in [4.78, 5) is 28.0. The van der Waals surface area contributed by atoms with Gasteiger partial charge in [0.2, 0.25) is 0 Å². The number of rotatable bonds is 7. The van der Waals surface area contributed by atoms with Crippen LogP contribution in [0.15, 0.2) is 107 Å². The fourth-order valence-electron chi connectivity index (χ4n) is 6.57. The summed E-state index contributed by atoms with van der Waals surface area (Å²) in [5.74, 6) is -0.0775. The number of Topliss-reactive ketones (excluding diaryl/α,β-unsaturated/α-hetero) is 1. The highest BCUT2D eigenvalue weighted by molar-refractivity contribution is 6.04. The van der Waals surface area contributed by atoms with Crippen molar-refractivity contribution in [1.82, 2.24) is 5.32 Å². The first kappa shape index (κ1) is 27.1. The molecule has 2 atom stereocenters. The predicted octanol–water partition coefficient (Wildman–Crippen LogP) is 7.50. The molecule has 3 aromatic rings. The molecule has 5 nitrogen and oxygen atoms in total. The van der Waals surface area contributed by atoms with E-state index in [2.05, 4.69) is 17.4 Å². The van der Waals surface area contributed by atoms with Crippen molar-refractivity contribution >= 4 is 11.8 Å². The van der Waals surface area contributed by atoms with Gasteiger partial charge in [-0.25, -0.2) is 4.79 Å². The lowest BCUT2D eigenvalue weighted by atomic mass is 9.71. The second-order valence-corrected chi connectivity index (χ2v) is 11.4. The molecule has 1 N–H and O–H groups in total. The van der Waals surface area contributed by atoms with Gasteiger partial charge in [-0.05, 0) is 62.1 Å². The van der Waals surface area contributed by atoms with Crippen molar-refractivity contribution in [2.45, 2.75) is 76.4 Å². The summed E-state index contributed by atoms with van der Waals surface area (Å²) in [7, 11) is 0. The quantitative estimate of drug-likeness (QED) is 0.310. The molecule has 1 fully saturated rings. The van der Waals surface area contributed by atoms with Crippen molar-refractivity contribution in [1.29, 1.82) is 0 Å². The Morgan fingerprint density at radius 1 is 0.854 bits per heavy atom. The fourth-order valence-corrected chi connectivity index (χ4v) is 6.57. The molecule has 5 heteroatoms. The Morgan fingerprint density at radius 3 is 2.29 bits per heavy atom. The van der Waals surface area contributed by atoms with Crippen LogP contribution in [0.3, 0.4) is 0 Å². The Bertz CT molecular complexity index is 1470. The van der Waals surface area contributed by atoms with E-state index in [0.717, 1.165) is 53.8 Å². The van der Waals surface area contributed by atoms with Gasteiger partial charge in [0.1, 0.15) is 18.5 Å². The standard InChI is InChI=1S/C36H37NO4/c1-24-33(36(39)41-28-17-9-4-10-18-28)34(29-19-11-12-20-32(29)40-23-25-13-5-2-6-14-25)35-30(37-24)21-27(22-31(35)38)26-15-7-3-8-16-26/h2-3,5-8,11-16,19-20,27-28,34,37H,4,9-10,17-18,21-23H2,1H3. The first-order chi connectivity index (χ1) is 20.1. The normalized spacial score (nSPS) is 21.2. The van der Waals surface area contributed by atoms with Crippen molar-refractivity contribution in [3.05, 3.63) is 124 Å². The van der Waals surface area contributed by atoms with Crippen LogP contribution in [0.25, 0.3) is 0 Å². The molecule has 1 heterocycles. The van der Waals surface area contributed by atoms with E-state index in [4.69, 9.17) is 9.47 Å². The maximum atomic E-state index is 14.0. The molecule has 3 aliphatic rings. The minimum Gasteiger partial charge on any atom is -0.489 e. The van der Waals surface area contributed by atoms with Gasteiger partial charge in [-0.15, -0.1) is 0 Å². The van der Waals surface area contributed by atoms with Gasteiger partial charge in [0.25, 0.3) is 0 Å². The van der Waals surface area contributed by atoms with E-state index in [-0.39, 0.29) is 23.8 Å². The van der Waals surface area contributed by atoms with Crippen LogP contribution in [0.5, 0.6) is 5.75 Å². The van der Waals surface area contributed by atoms with Gasteiger partial charge in [0, 0.05) is 29.0 Å². The van der Waals surface area contributed by atoms with Crippen LogP contribution in [0, 0.1) is 0 Å². The largest absolute Gasteiger partial charge is 0.489 e. The third-order valence-corrected chi connectivity index (χ3v) is 8.61. The molecule has 0 saturated heterocycles. The highest BCUT2D eigenvalue weighted by atomic mass is 16.5. The van der Waals surface area contributed by atoms with Gasteiger partial charge < -0.3 is 14.8 Å². The summed E-state index contributed by atoms with van der Waals surface area (Å²) >= 11 is 0. The van der Waals surface area contributed by atoms with Gasteiger partial charge in [-0.3, -0.25) is 4.79 Å². The molecule has 6 rings (SSSR count). The van der Waals surface area contributed by atoms with Crippen molar-refractivity contribution in [3.63, 3.8) is 0 Å². The Balaban J connectivity index is 1.39. The first-order valence-corrected chi connectivity index (χ1v) is 14.8. The van der Waals surface area contributed by atoms with E-state index in [1.54, 1.807) is 0 Å². The molecule has 2 unspecified atom stereocenters. The van der Waals surface area contributed by atoms with Crippen LogP contribution in [0.4, 0.5) is 0 Å². The number of carbonyl (C=O) groups excluding carboxylic acids is 2. The van der Waals surface area contributed by atoms with Crippen LogP contribution in [0.2, 0.25) is 0 Å². The van der Waals surface area contributed by atoms with E-state index in [1.807, 2.05) is 79.7 Å². The summed E-state index contributed by atoms with van der Waals surface area (Å²) in [5, 5.41) is 3.49. The highest BCUT2D eigenvalue weighted by Gasteiger charge is 2.43. The third-order valence-electron chi connectivity index (χ3n) is 8.61. The van der Waals surface area contributed by atoms with Crippen LogP contribution < -0.4 is 10.1 Å². The summed E-state index contributed by atoms with van der Waals surface area (Å²) in [5.41, 5.74) is 5.83. The maximum absolute atomic E-state index is 14.0. The van der Waals surface area contributed by atoms with E-state index in [9.17, 15) is 9.59 Å². The smallest absolute Gasteiger partial charge is 0.337 e. The topological polar surface area (TPSA) is 64.6 Å². The summed E-state index contributed by atoms with van der Waals surface area (Å²) in [6.45, 7) is 2.32. The maximum Gasteiger partial charge on any atom is 0.337 e. The number of hydrogen-bond acceptors (Lipinski definition) is 5. The van der Waals surface area contributed by atoms with Crippen molar-refractivity contribution in [2.24, 2.45) is 0 Å². The van der Waals surface area contributed by atoms with Crippen LogP contribution >= 0.6 is 0 Å². The molecule has 0 bridgehead atoms. The lowest BCUT2D eigenvalue weighted by Crippen LogP contribution is -2.37.